The van der Waals surface area contributed by atoms with Gasteiger partial charge in [-0.1, -0.05) is 13.8 Å². The Hall–Kier alpha value is -0.0800. The van der Waals surface area contributed by atoms with E-state index in [-0.39, 0.29) is 5.54 Å². The molecule has 0 aromatic rings. The fourth-order valence-corrected chi connectivity index (χ4v) is 2.37. The molecule has 2 heteroatoms. The summed E-state index contributed by atoms with van der Waals surface area (Å²) in [5.41, 5.74) is 0.255. The number of nitrogens with zero attached hydrogens (tertiary/aromatic N) is 1. The van der Waals surface area contributed by atoms with E-state index in [9.17, 15) is 0 Å². The maximum atomic E-state index is 3.57. The Morgan fingerprint density at radius 1 is 1.19 bits per heavy atom. The summed E-state index contributed by atoms with van der Waals surface area (Å²) in [6.07, 6.45) is 1.26. The third kappa shape index (κ3) is 4.42. The van der Waals surface area contributed by atoms with Gasteiger partial charge in [-0.25, -0.2) is 0 Å². The van der Waals surface area contributed by atoms with Crippen LogP contribution in [-0.4, -0.2) is 36.1 Å². The highest BCUT2D eigenvalue weighted by Crippen LogP contribution is 2.24. The molecule has 0 bridgehead atoms. The Kier molecular flexibility index (Phi) is 4.81. The zero-order valence-corrected chi connectivity index (χ0v) is 12.0. The fourth-order valence-electron chi connectivity index (χ4n) is 2.37. The smallest absolute Gasteiger partial charge is 0.00965 e. The zero-order valence-electron chi connectivity index (χ0n) is 12.0. The first-order valence-corrected chi connectivity index (χ1v) is 6.78. The molecule has 1 aliphatic heterocycles. The SMILES string of the molecule is CC1CN(C(C)CCNC(C)(C)C)CC1C. The molecule has 1 saturated heterocycles. The lowest BCUT2D eigenvalue weighted by atomic mass is 10.0. The fraction of sp³-hybridized carbons (Fsp3) is 1.00. The van der Waals surface area contributed by atoms with Crippen molar-refractivity contribution in [2.75, 3.05) is 19.6 Å². The highest BCUT2D eigenvalue weighted by atomic mass is 15.2. The monoisotopic (exact) mass is 226 g/mol. The molecule has 0 aliphatic carbocycles. The summed E-state index contributed by atoms with van der Waals surface area (Å²) < 4.78 is 0. The molecule has 96 valence electrons. The van der Waals surface area contributed by atoms with Crippen molar-refractivity contribution in [3.05, 3.63) is 0 Å². The van der Waals surface area contributed by atoms with Crippen molar-refractivity contribution < 1.29 is 0 Å². The second-order valence-electron chi connectivity index (χ2n) is 6.72. The van der Waals surface area contributed by atoms with Crippen molar-refractivity contribution in [2.45, 2.75) is 59.5 Å². The largest absolute Gasteiger partial charge is 0.312 e. The molecule has 0 aromatic heterocycles. The Morgan fingerprint density at radius 2 is 1.69 bits per heavy atom. The van der Waals surface area contributed by atoms with Crippen LogP contribution in [0.5, 0.6) is 0 Å². The number of rotatable bonds is 4. The molecule has 1 rings (SSSR count). The summed E-state index contributed by atoms with van der Waals surface area (Å²) in [7, 11) is 0. The normalized spacial score (nSPS) is 29.6. The molecule has 16 heavy (non-hydrogen) atoms. The summed E-state index contributed by atoms with van der Waals surface area (Å²) in [4.78, 5) is 2.65. The van der Waals surface area contributed by atoms with Crippen LogP contribution in [0.25, 0.3) is 0 Å². The molecule has 1 heterocycles. The minimum absolute atomic E-state index is 0.255. The van der Waals surface area contributed by atoms with Crippen LogP contribution in [0.1, 0.15) is 48.0 Å². The zero-order chi connectivity index (χ0) is 12.3. The number of hydrogen-bond donors (Lipinski definition) is 1. The van der Waals surface area contributed by atoms with Gasteiger partial charge in [0.1, 0.15) is 0 Å². The summed E-state index contributed by atoms with van der Waals surface area (Å²) in [5.74, 6) is 1.75. The number of nitrogens with one attached hydrogen (secondary N) is 1. The molecular formula is C14H30N2. The highest BCUT2D eigenvalue weighted by Gasteiger charge is 2.28. The van der Waals surface area contributed by atoms with Gasteiger partial charge in [0.2, 0.25) is 0 Å². The number of hydrogen-bond acceptors (Lipinski definition) is 2. The first-order chi connectivity index (χ1) is 7.29. The van der Waals surface area contributed by atoms with E-state index in [2.05, 4.69) is 51.8 Å². The van der Waals surface area contributed by atoms with Gasteiger partial charge in [-0.15, -0.1) is 0 Å². The lowest BCUT2D eigenvalue weighted by Gasteiger charge is -2.27. The van der Waals surface area contributed by atoms with E-state index < -0.39 is 0 Å². The molecule has 0 saturated carbocycles. The summed E-state index contributed by atoms with van der Waals surface area (Å²) in [5, 5.41) is 3.57. The van der Waals surface area contributed by atoms with E-state index in [4.69, 9.17) is 0 Å². The van der Waals surface area contributed by atoms with Crippen LogP contribution in [-0.2, 0) is 0 Å². The third-order valence-electron chi connectivity index (χ3n) is 3.86. The van der Waals surface area contributed by atoms with Gasteiger partial charge < -0.3 is 10.2 Å². The van der Waals surface area contributed by atoms with Gasteiger partial charge in [0.25, 0.3) is 0 Å². The minimum atomic E-state index is 0.255. The molecule has 3 unspecified atom stereocenters. The molecule has 1 fully saturated rings. The van der Waals surface area contributed by atoms with E-state index in [0.717, 1.165) is 24.4 Å². The molecule has 1 N–H and O–H groups in total. The average Bonchev–Trinajstić information content (AvgIpc) is 2.45. The van der Waals surface area contributed by atoms with Gasteiger partial charge >= 0.3 is 0 Å². The molecule has 2 nitrogen and oxygen atoms in total. The summed E-state index contributed by atoms with van der Waals surface area (Å²) in [6.45, 7) is 17.5. The Morgan fingerprint density at radius 3 is 2.12 bits per heavy atom. The quantitative estimate of drug-likeness (QED) is 0.793. The Balaban J connectivity index is 2.23. The summed E-state index contributed by atoms with van der Waals surface area (Å²) in [6, 6.07) is 0.724. The van der Waals surface area contributed by atoms with E-state index in [1.54, 1.807) is 0 Å². The van der Waals surface area contributed by atoms with Crippen LogP contribution >= 0.6 is 0 Å². The van der Waals surface area contributed by atoms with Crippen LogP contribution in [0.3, 0.4) is 0 Å². The first-order valence-electron chi connectivity index (χ1n) is 6.78. The first kappa shape index (κ1) is 14.0. The Labute approximate surface area is 102 Å². The Bertz CT molecular complexity index is 197. The van der Waals surface area contributed by atoms with Crippen LogP contribution in [0.15, 0.2) is 0 Å². The van der Waals surface area contributed by atoms with Crippen molar-refractivity contribution in [1.29, 1.82) is 0 Å². The van der Waals surface area contributed by atoms with Gasteiger partial charge in [0, 0.05) is 24.7 Å². The standard InChI is InChI=1S/C14H30N2/c1-11-9-16(10-12(11)2)13(3)7-8-15-14(4,5)6/h11-13,15H,7-10H2,1-6H3. The molecular weight excluding hydrogens is 196 g/mol. The molecule has 3 atom stereocenters. The maximum Gasteiger partial charge on any atom is 0.00965 e. The van der Waals surface area contributed by atoms with Crippen molar-refractivity contribution in [3.8, 4) is 0 Å². The van der Waals surface area contributed by atoms with E-state index in [1.165, 1.54) is 19.5 Å². The highest BCUT2D eigenvalue weighted by molar-refractivity contribution is 4.82. The average molecular weight is 226 g/mol. The molecule has 1 aliphatic rings. The lowest BCUT2D eigenvalue weighted by molar-refractivity contribution is 0.230. The van der Waals surface area contributed by atoms with Crippen LogP contribution < -0.4 is 5.32 Å². The predicted molar refractivity (Wildman–Crippen MR) is 71.7 cm³/mol. The van der Waals surface area contributed by atoms with Gasteiger partial charge in [0.05, 0.1) is 0 Å². The van der Waals surface area contributed by atoms with E-state index in [0.29, 0.717) is 0 Å². The van der Waals surface area contributed by atoms with Crippen LogP contribution in [0, 0.1) is 11.8 Å². The van der Waals surface area contributed by atoms with Crippen LogP contribution in [0.2, 0.25) is 0 Å². The van der Waals surface area contributed by atoms with Crippen molar-refractivity contribution in [1.82, 2.24) is 10.2 Å². The predicted octanol–water partition coefficient (Wildman–Crippen LogP) is 2.74. The van der Waals surface area contributed by atoms with E-state index >= 15 is 0 Å². The maximum absolute atomic E-state index is 3.57. The lowest BCUT2D eigenvalue weighted by Crippen LogP contribution is -2.40. The second kappa shape index (κ2) is 5.50. The van der Waals surface area contributed by atoms with Gasteiger partial charge in [-0.2, -0.15) is 0 Å². The molecule has 0 amide bonds. The molecule has 0 spiro atoms. The summed E-state index contributed by atoms with van der Waals surface area (Å²) >= 11 is 0. The van der Waals surface area contributed by atoms with Gasteiger partial charge in [-0.05, 0) is 52.5 Å². The minimum Gasteiger partial charge on any atom is -0.312 e. The van der Waals surface area contributed by atoms with E-state index in [1.807, 2.05) is 0 Å². The van der Waals surface area contributed by atoms with Crippen molar-refractivity contribution in [2.24, 2.45) is 11.8 Å². The topological polar surface area (TPSA) is 15.3 Å². The van der Waals surface area contributed by atoms with Crippen molar-refractivity contribution in [3.63, 3.8) is 0 Å². The number of likely N-dealkylation sites (tertiary alicyclic amines) is 1. The second-order valence-corrected chi connectivity index (χ2v) is 6.72. The third-order valence-corrected chi connectivity index (χ3v) is 3.86. The van der Waals surface area contributed by atoms with Gasteiger partial charge in [0.15, 0.2) is 0 Å². The van der Waals surface area contributed by atoms with Crippen molar-refractivity contribution >= 4 is 0 Å². The molecule has 0 radical (unpaired) electrons. The van der Waals surface area contributed by atoms with Gasteiger partial charge in [-0.3, -0.25) is 0 Å². The molecule has 0 aromatic carbocycles. The van der Waals surface area contributed by atoms with Crippen LogP contribution in [0.4, 0.5) is 0 Å².